The van der Waals surface area contributed by atoms with Crippen molar-refractivity contribution in [2.45, 2.75) is 6.92 Å². The van der Waals surface area contributed by atoms with E-state index in [-0.39, 0.29) is 11.4 Å². The topological polar surface area (TPSA) is 117 Å². The van der Waals surface area contributed by atoms with Crippen LogP contribution in [0.1, 0.15) is 5.56 Å². The highest BCUT2D eigenvalue weighted by molar-refractivity contribution is 6.07. The molecule has 0 amide bonds. The van der Waals surface area contributed by atoms with Crippen LogP contribution in [-0.4, -0.2) is 34.0 Å². The number of H-pyrrole nitrogens is 1. The lowest BCUT2D eigenvalue weighted by Gasteiger charge is -2.10. The van der Waals surface area contributed by atoms with Gasteiger partial charge >= 0.3 is 0 Å². The number of nitrogens with two attached hydrogens (primary N) is 1. The van der Waals surface area contributed by atoms with Crippen LogP contribution in [0, 0.1) is 6.92 Å². The molecule has 0 saturated carbocycles. The summed E-state index contributed by atoms with van der Waals surface area (Å²) >= 11 is 0. The molecule has 3 N–H and O–H groups in total. The second-order valence-corrected chi connectivity index (χ2v) is 7.45. The summed E-state index contributed by atoms with van der Waals surface area (Å²) in [5, 5.41) is 5.64. The fraction of sp³-hybridized carbons (Fsp3) is 0.125. The monoisotopic (exact) mass is 443 g/mol. The lowest BCUT2D eigenvalue weighted by atomic mass is 10.1. The minimum atomic E-state index is -0.344. The van der Waals surface area contributed by atoms with Gasteiger partial charge in [0.05, 0.1) is 31.6 Å². The molecular weight excluding hydrogens is 422 g/mol. The summed E-state index contributed by atoms with van der Waals surface area (Å²) in [5.74, 6) is 2.36. The number of aryl methyl sites for hydroxylation is 1. The third kappa shape index (κ3) is 3.39. The number of nitrogen functional groups attached to an aromatic ring is 1. The Morgan fingerprint density at radius 2 is 1.76 bits per heavy atom. The Hall–Kier alpha value is -4.53. The van der Waals surface area contributed by atoms with Crippen molar-refractivity contribution >= 4 is 27.6 Å². The smallest absolute Gasteiger partial charge is 0.261 e. The van der Waals surface area contributed by atoms with Gasteiger partial charge < -0.3 is 24.9 Å². The number of anilines is 1. The van der Waals surface area contributed by atoms with Gasteiger partial charge in [-0.15, -0.1) is 0 Å². The van der Waals surface area contributed by atoms with Gasteiger partial charge in [0.25, 0.3) is 5.56 Å². The van der Waals surface area contributed by atoms with Crippen molar-refractivity contribution in [3.05, 3.63) is 70.6 Å². The molecule has 0 unspecified atom stereocenters. The molecular formula is C24H21N5O4. The fourth-order valence-electron chi connectivity index (χ4n) is 3.80. The number of rotatable bonds is 5. The summed E-state index contributed by atoms with van der Waals surface area (Å²) in [6, 6.07) is 14.7. The normalized spacial score (nSPS) is 11.1. The maximum Gasteiger partial charge on any atom is 0.261 e. The van der Waals surface area contributed by atoms with Gasteiger partial charge in [-0.3, -0.25) is 4.79 Å². The van der Waals surface area contributed by atoms with Crippen molar-refractivity contribution in [2.24, 2.45) is 0 Å². The average Bonchev–Trinajstić information content (AvgIpc) is 3.17. The molecule has 3 heterocycles. The van der Waals surface area contributed by atoms with Crippen LogP contribution in [0.4, 0.5) is 5.82 Å². The molecule has 0 aliphatic carbocycles. The summed E-state index contributed by atoms with van der Waals surface area (Å²) < 4.78 is 18.1. The second-order valence-electron chi connectivity index (χ2n) is 7.45. The minimum absolute atomic E-state index is 0.213. The van der Waals surface area contributed by atoms with Crippen LogP contribution >= 0.6 is 0 Å². The van der Waals surface area contributed by atoms with E-state index < -0.39 is 0 Å². The van der Waals surface area contributed by atoms with Gasteiger partial charge in [-0.1, -0.05) is 18.2 Å². The number of aromatic nitrogens is 4. The van der Waals surface area contributed by atoms with Crippen LogP contribution in [-0.2, 0) is 0 Å². The minimum Gasteiger partial charge on any atom is -0.493 e. The summed E-state index contributed by atoms with van der Waals surface area (Å²) in [6.45, 7) is 1.90. The predicted octanol–water partition coefficient (Wildman–Crippen LogP) is 3.96. The molecule has 0 aliphatic heterocycles. The maximum absolute atomic E-state index is 12.9. The van der Waals surface area contributed by atoms with E-state index in [1.165, 1.54) is 11.8 Å². The van der Waals surface area contributed by atoms with Crippen molar-refractivity contribution in [1.82, 2.24) is 19.7 Å². The predicted molar refractivity (Wildman–Crippen MR) is 126 cm³/mol. The SMILES string of the molecule is COc1cc2[nH]c(=O)c3c(N)n(-c4cnc(Oc5ccccc5)cc4C)nc3c2cc1OC. The first-order chi connectivity index (χ1) is 16.0. The zero-order valence-corrected chi connectivity index (χ0v) is 18.2. The third-order valence-corrected chi connectivity index (χ3v) is 5.43. The van der Waals surface area contributed by atoms with Crippen LogP contribution in [0.5, 0.6) is 23.1 Å². The molecule has 2 aromatic carbocycles. The fourth-order valence-corrected chi connectivity index (χ4v) is 3.80. The van der Waals surface area contributed by atoms with Crippen LogP contribution in [0.15, 0.2) is 59.5 Å². The number of nitrogens with zero attached hydrogens (tertiary/aromatic N) is 3. The molecule has 0 aliphatic rings. The number of pyridine rings is 2. The Labute approximate surface area is 188 Å². The van der Waals surface area contributed by atoms with Crippen molar-refractivity contribution in [3.8, 4) is 28.8 Å². The number of fused-ring (bicyclic) bond motifs is 3. The van der Waals surface area contributed by atoms with Gasteiger partial charge in [-0.05, 0) is 30.7 Å². The van der Waals surface area contributed by atoms with E-state index in [4.69, 9.17) is 19.9 Å². The largest absolute Gasteiger partial charge is 0.493 e. The Bertz CT molecular complexity index is 1560. The average molecular weight is 443 g/mol. The van der Waals surface area contributed by atoms with Crippen molar-refractivity contribution in [3.63, 3.8) is 0 Å². The molecule has 166 valence electrons. The molecule has 3 aromatic heterocycles. The Balaban J connectivity index is 1.66. The number of nitrogens with one attached hydrogen (secondary N) is 1. The number of hydrogen-bond donors (Lipinski definition) is 2. The van der Waals surface area contributed by atoms with E-state index in [0.717, 1.165) is 5.56 Å². The summed E-state index contributed by atoms with van der Waals surface area (Å²) in [4.78, 5) is 20.1. The molecule has 9 nitrogen and oxygen atoms in total. The second kappa shape index (κ2) is 7.86. The summed E-state index contributed by atoms with van der Waals surface area (Å²) in [5.41, 5.74) is 8.53. The number of hydrogen-bond acceptors (Lipinski definition) is 7. The molecule has 5 rings (SSSR count). The molecule has 0 bridgehead atoms. The standard InChI is InChI=1S/C24H21N5O4/c1-13-9-20(33-14-7-5-4-6-8-14)26-12-17(13)29-23(25)21-22(28-29)15-10-18(31-2)19(32-3)11-16(15)27-24(21)30/h4-12H,25H2,1-3H3,(H,27,30). The maximum atomic E-state index is 12.9. The Kier molecular flexibility index (Phi) is 4.86. The van der Waals surface area contributed by atoms with Gasteiger partial charge in [0.15, 0.2) is 11.5 Å². The van der Waals surface area contributed by atoms with E-state index in [1.54, 1.807) is 31.5 Å². The van der Waals surface area contributed by atoms with Gasteiger partial charge in [0.1, 0.15) is 22.5 Å². The first-order valence-corrected chi connectivity index (χ1v) is 10.2. The van der Waals surface area contributed by atoms with Crippen LogP contribution in [0.2, 0.25) is 0 Å². The van der Waals surface area contributed by atoms with Gasteiger partial charge in [0, 0.05) is 17.5 Å². The van der Waals surface area contributed by atoms with E-state index in [9.17, 15) is 4.79 Å². The molecule has 5 aromatic rings. The van der Waals surface area contributed by atoms with Crippen LogP contribution in [0.25, 0.3) is 27.5 Å². The zero-order chi connectivity index (χ0) is 23.1. The lowest BCUT2D eigenvalue weighted by molar-refractivity contribution is 0.356. The highest BCUT2D eigenvalue weighted by atomic mass is 16.5. The Morgan fingerprint density at radius 1 is 1.03 bits per heavy atom. The third-order valence-electron chi connectivity index (χ3n) is 5.43. The van der Waals surface area contributed by atoms with Crippen LogP contribution in [0.3, 0.4) is 0 Å². The molecule has 0 fully saturated rings. The lowest BCUT2D eigenvalue weighted by Crippen LogP contribution is -2.09. The number of benzene rings is 2. The van der Waals surface area contributed by atoms with Gasteiger partial charge in [-0.25, -0.2) is 9.67 Å². The van der Waals surface area contributed by atoms with E-state index in [2.05, 4.69) is 15.1 Å². The number of aromatic amines is 1. The first kappa shape index (κ1) is 20.4. The van der Waals surface area contributed by atoms with E-state index in [1.807, 2.05) is 37.3 Å². The molecule has 9 heteroatoms. The van der Waals surface area contributed by atoms with Crippen molar-refractivity contribution in [1.29, 1.82) is 0 Å². The highest BCUT2D eigenvalue weighted by Gasteiger charge is 2.20. The van der Waals surface area contributed by atoms with Crippen molar-refractivity contribution < 1.29 is 14.2 Å². The van der Waals surface area contributed by atoms with Crippen molar-refractivity contribution in [2.75, 3.05) is 20.0 Å². The molecule has 33 heavy (non-hydrogen) atoms. The highest BCUT2D eigenvalue weighted by Crippen LogP contribution is 2.35. The number of ether oxygens (including phenoxy) is 3. The number of para-hydroxylation sites is 1. The summed E-state index contributed by atoms with van der Waals surface area (Å²) in [7, 11) is 3.08. The first-order valence-electron chi connectivity index (χ1n) is 10.2. The van der Waals surface area contributed by atoms with Gasteiger partial charge in [0.2, 0.25) is 5.88 Å². The summed E-state index contributed by atoms with van der Waals surface area (Å²) in [6.07, 6.45) is 1.62. The molecule has 0 radical (unpaired) electrons. The zero-order valence-electron chi connectivity index (χ0n) is 18.2. The quantitative estimate of drug-likeness (QED) is 0.422. The van der Waals surface area contributed by atoms with Crippen LogP contribution < -0.4 is 25.5 Å². The van der Waals surface area contributed by atoms with E-state index in [0.29, 0.717) is 50.6 Å². The number of methoxy groups -OCH3 is 2. The van der Waals surface area contributed by atoms with E-state index >= 15 is 0 Å². The van der Waals surface area contributed by atoms with Gasteiger partial charge in [-0.2, -0.15) is 5.10 Å². The Morgan fingerprint density at radius 3 is 2.45 bits per heavy atom. The molecule has 0 saturated heterocycles. The molecule has 0 atom stereocenters. The molecule has 0 spiro atoms.